The first-order valence-electron chi connectivity index (χ1n) is 2.85. The van der Waals surface area contributed by atoms with Crippen LogP contribution in [0.3, 0.4) is 0 Å². The fourth-order valence-corrected chi connectivity index (χ4v) is 0.525. The van der Waals surface area contributed by atoms with Gasteiger partial charge in [0, 0.05) is 6.07 Å². The van der Waals surface area contributed by atoms with Crippen molar-refractivity contribution in [1.82, 2.24) is 0 Å². The van der Waals surface area contributed by atoms with E-state index in [1.165, 1.54) is 6.07 Å². The van der Waals surface area contributed by atoms with Gasteiger partial charge in [-0.05, 0) is 12.1 Å². The predicted molar refractivity (Wildman–Crippen MR) is 37.5 cm³/mol. The summed E-state index contributed by atoms with van der Waals surface area (Å²) in [5.74, 6) is -0.526. The minimum atomic E-state index is -0.440. The number of benzene rings is 1. The number of nitrogens with two attached hydrogens (primary N) is 1. The third-order valence-electron chi connectivity index (χ3n) is 0.990. The zero-order chi connectivity index (χ0) is 9.56. The Bertz CT molecular complexity index is 295. The van der Waals surface area contributed by atoms with Crippen LogP contribution in [-0.2, 0) is 9.59 Å². The molecule has 0 heterocycles. The number of halogens is 1. The molecule has 0 unspecified atom stereocenters. The normalized spacial score (nSPS) is 7.75. The van der Waals surface area contributed by atoms with Crippen LogP contribution in [0.15, 0.2) is 18.2 Å². The number of carbonyl (C=O) groups excluding carboxylic acids is 2. The number of aromatic hydroxyl groups is 1. The summed E-state index contributed by atoms with van der Waals surface area (Å²) >= 11 is 0. The highest BCUT2D eigenvalue weighted by atomic mass is 19.1. The standard InChI is InChI=1S/C6H6FNO.CO2/c7-4-1-2-6(9)5(8)3-4;2-1-3/h1-3,9H,8H2;. The van der Waals surface area contributed by atoms with Gasteiger partial charge in [-0.3, -0.25) is 0 Å². The lowest BCUT2D eigenvalue weighted by Gasteiger charge is -1.94. The van der Waals surface area contributed by atoms with E-state index in [1.807, 2.05) is 0 Å². The molecule has 1 aromatic rings. The number of phenols is 1. The number of rotatable bonds is 0. The molecule has 0 saturated carbocycles. The Hall–Kier alpha value is -1.87. The van der Waals surface area contributed by atoms with Crippen molar-refractivity contribution in [2.24, 2.45) is 0 Å². The Kier molecular flexibility index (Phi) is 4.11. The molecule has 0 atom stereocenters. The zero-order valence-corrected chi connectivity index (χ0v) is 5.95. The summed E-state index contributed by atoms with van der Waals surface area (Å²) in [7, 11) is 0. The molecule has 1 aromatic carbocycles. The van der Waals surface area contributed by atoms with Crippen LogP contribution in [0.5, 0.6) is 5.75 Å². The molecule has 0 bridgehead atoms. The van der Waals surface area contributed by atoms with E-state index in [4.69, 9.17) is 20.4 Å². The van der Waals surface area contributed by atoms with Crippen LogP contribution in [0, 0.1) is 5.82 Å². The van der Waals surface area contributed by atoms with E-state index in [9.17, 15) is 4.39 Å². The van der Waals surface area contributed by atoms with Crippen LogP contribution in [-0.4, -0.2) is 11.3 Å². The Morgan fingerprint density at radius 1 is 1.42 bits per heavy atom. The molecule has 0 saturated heterocycles. The number of hydrogen-bond donors (Lipinski definition) is 2. The first kappa shape index (κ1) is 10.1. The van der Waals surface area contributed by atoms with Crippen molar-refractivity contribution in [2.45, 2.75) is 0 Å². The molecule has 4 nitrogen and oxygen atoms in total. The molecule has 0 radical (unpaired) electrons. The molecule has 1 rings (SSSR count). The van der Waals surface area contributed by atoms with Crippen LogP contribution in [0.25, 0.3) is 0 Å². The second-order valence-corrected chi connectivity index (χ2v) is 1.79. The second-order valence-electron chi connectivity index (χ2n) is 1.79. The minimum Gasteiger partial charge on any atom is -0.506 e. The molecule has 3 N–H and O–H groups in total. The lowest BCUT2D eigenvalue weighted by Crippen LogP contribution is -1.85. The van der Waals surface area contributed by atoms with Gasteiger partial charge in [-0.25, -0.2) is 4.39 Å². The van der Waals surface area contributed by atoms with Gasteiger partial charge in [-0.15, -0.1) is 0 Å². The summed E-state index contributed by atoms with van der Waals surface area (Å²) in [6.45, 7) is 0. The van der Waals surface area contributed by atoms with E-state index in [2.05, 4.69) is 0 Å². The van der Waals surface area contributed by atoms with Crippen molar-refractivity contribution in [1.29, 1.82) is 0 Å². The average Bonchev–Trinajstić information content (AvgIpc) is 1.99. The highest BCUT2D eigenvalue weighted by molar-refractivity contribution is 5.50. The van der Waals surface area contributed by atoms with Crippen LogP contribution in [0.1, 0.15) is 0 Å². The molecule has 0 spiro atoms. The molecule has 0 aliphatic carbocycles. The lowest BCUT2D eigenvalue weighted by atomic mass is 10.3. The van der Waals surface area contributed by atoms with Crippen molar-refractivity contribution in [3.63, 3.8) is 0 Å². The topological polar surface area (TPSA) is 80.4 Å². The van der Waals surface area contributed by atoms with Gasteiger partial charge in [-0.2, -0.15) is 9.59 Å². The number of hydrogen-bond acceptors (Lipinski definition) is 4. The zero-order valence-electron chi connectivity index (χ0n) is 5.95. The molecule has 64 valence electrons. The quantitative estimate of drug-likeness (QED) is 0.440. The van der Waals surface area contributed by atoms with Gasteiger partial charge in [-0.1, -0.05) is 0 Å². The van der Waals surface area contributed by atoms with Crippen molar-refractivity contribution in [3.8, 4) is 5.75 Å². The lowest BCUT2D eigenvalue weighted by molar-refractivity contribution is -0.191. The van der Waals surface area contributed by atoms with E-state index < -0.39 is 5.82 Å². The van der Waals surface area contributed by atoms with E-state index in [0.29, 0.717) is 0 Å². The smallest absolute Gasteiger partial charge is 0.373 e. The van der Waals surface area contributed by atoms with Gasteiger partial charge in [0.1, 0.15) is 11.6 Å². The largest absolute Gasteiger partial charge is 0.506 e. The third-order valence-corrected chi connectivity index (χ3v) is 0.990. The van der Waals surface area contributed by atoms with Gasteiger partial charge in [0.15, 0.2) is 0 Å². The molecular weight excluding hydrogens is 165 g/mol. The van der Waals surface area contributed by atoms with Crippen molar-refractivity contribution < 1.29 is 19.1 Å². The summed E-state index contributed by atoms with van der Waals surface area (Å²) in [5, 5.41) is 8.75. The maximum absolute atomic E-state index is 12.2. The first-order valence-corrected chi connectivity index (χ1v) is 2.85. The molecule has 12 heavy (non-hydrogen) atoms. The predicted octanol–water partition coefficient (Wildman–Crippen LogP) is 0.530. The summed E-state index contributed by atoms with van der Waals surface area (Å²) in [6, 6.07) is 3.42. The number of anilines is 1. The molecule has 0 amide bonds. The van der Waals surface area contributed by atoms with Crippen LogP contribution in [0.4, 0.5) is 10.1 Å². The second kappa shape index (κ2) is 4.87. The molecule has 0 fully saturated rings. The fourth-order valence-electron chi connectivity index (χ4n) is 0.525. The first-order chi connectivity index (χ1) is 5.61. The minimum absolute atomic E-state index is 0.0648. The number of nitrogen functional groups attached to an aromatic ring is 1. The molecule has 5 heteroatoms. The SMILES string of the molecule is Nc1cc(F)ccc1O.O=C=O. The summed E-state index contributed by atoms with van der Waals surface area (Å²) in [4.78, 5) is 16.2. The molecule has 0 aliphatic heterocycles. The average molecular weight is 171 g/mol. The molecular formula is C7H6FNO3. The van der Waals surface area contributed by atoms with Gasteiger partial charge in [0.05, 0.1) is 5.69 Å². The van der Waals surface area contributed by atoms with Crippen LogP contribution in [0.2, 0.25) is 0 Å². The Balaban J connectivity index is 0.000000354. The van der Waals surface area contributed by atoms with Crippen LogP contribution < -0.4 is 5.73 Å². The van der Waals surface area contributed by atoms with Gasteiger partial charge in [0.25, 0.3) is 0 Å². The maximum atomic E-state index is 12.2. The highest BCUT2D eigenvalue weighted by Crippen LogP contribution is 2.18. The Morgan fingerprint density at radius 2 is 1.92 bits per heavy atom. The van der Waals surface area contributed by atoms with Crippen molar-refractivity contribution >= 4 is 11.8 Å². The van der Waals surface area contributed by atoms with Crippen molar-refractivity contribution in [2.75, 3.05) is 5.73 Å². The fraction of sp³-hybridized carbons (Fsp3) is 0. The van der Waals surface area contributed by atoms with E-state index >= 15 is 0 Å². The molecule has 0 aromatic heterocycles. The summed E-state index contributed by atoms with van der Waals surface area (Å²) in [6.07, 6.45) is 0.250. The van der Waals surface area contributed by atoms with Gasteiger partial charge < -0.3 is 10.8 Å². The highest BCUT2D eigenvalue weighted by Gasteiger charge is 1.95. The van der Waals surface area contributed by atoms with Crippen LogP contribution >= 0.6 is 0 Å². The number of phenolic OH excluding ortho intramolecular Hbond substituents is 1. The van der Waals surface area contributed by atoms with E-state index in [-0.39, 0.29) is 17.6 Å². The van der Waals surface area contributed by atoms with Crippen molar-refractivity contribution in [3.05, 3.63) is 24.0 Å². The summed E-state index contributed by atoms with van der Waals surface area (Å²) < 4.78 is 12.2. The molecule has 0 aliphatic rings. The third kappa shape index (κ3) is 3.34. The van der Waals surface area contributed by atoms with Gasteiger partial charge >= 0.3 is 6.15 Å². The monoisotopic (exact) mass is 171 g/mol. The Morgan fingerprint density at radius 3 is 2.25 bits per heavy atom. The summed E-state index contributed by atoms with van der Waals surface area (Å²) in [5.41, 5.74) is 5.20. The Labute approximate surface area is 67.4 Å². The maximum Gasteiger partial charge on any atom is 0.373 e. The van der Waals surface area contributed by atoms with E-state index in [0.717, 1.165) is 12.1 Å². The van der Waals surface area contributed by atoms with Gasteiger partial charge in [0.2, 0.25) is 0 Å². The van der Waals surface area contributed by atoms with E-state index in [1.54, 1.807) is 0 Å².